The van der Waals surface area contributed by atoms with Crippen LogP contribution in [0.5, 0.6) is 0 Å². The standard InChI is InChI=1S/C19H28N4O5/c1-11-8-13(16(20)15(9-11)23(26)27)17(24)21-14-6-7-22(10-12(14)2)18(25)28-19(3,4)5/h8-9,12,14H,6-7,10,20H2,1-5H3,(H,21,24)/t12-,14+/m0/s1. The lowest BCUT2D eigenvalue weighted by Crippen LogP contribution is -2.52. The summed E-state index contributed by atoms with van der Waals surface area (Å²) in [5.41, 5.74) is 5.52. The molecule has 0 aliphatic carbocycles. The lowest BCUT2D eigenvalue weighted by atomic mass is 9.93. The molecule has 28 heavy (non-hydrogen) atoms. The van der Waals surface area contributed by atoms with Crippen molar-refractivity contribution in [3.05, 3.63) is 33.4 Å². The van der Waals surface area contributed by atoms with Crippen molar-refractivity contribution in [2.45, 2.75) is 52.7 Å². The van der Waals surface area contributed by atoms with E-state index in [4.69, 9.17) is 10.5 Å². The Balaban J connectivity index is 2.07. The first-order chi connectivity index (χ1) is 12.9. The number of carbonyl (C=O) groups is 2. The Kier molecular flexibility index (Phi) is 6.16. The van der Waals surface area contributed by atoms with Gasteiger partial charge in [0.25, 0.3) is 11.6 Å². The topological polar surface area (TPSA) is 128 Å². The molecule has 1 aromatic rings. The molecule has 2 atom stereocenters. The van der Waals surface area contributed by atoms with Crippen LogP contribution < -0.4 is 11.1 Å². The number of aryl methyl sites for hydroxylation is 1. The van der Waals surface area contributed by atoms with Crippen LogP contribution in [0.1, 0.15) is 50.0 Å². The minimum atomic E-state index is -0.596. The third-order valence-electron chi connectivity index (χ3n) is 4.62. The summed E-state index contributed by atoms with van der Waals surface area (Å²) >= 11 is 0. The van der Waals surface area contributed by atoms with Crippen LogP contribution in [0.4, 0.5) is 16.2 Å². The van der Waals surface area contributed by atoms with E-state index in [1.165, 1.54) is 12.1 Å². The molecule has 1 aliphatic rings. The van der Waals surface area contributed by atoms with E-state index in [0.29, 0.717) is 25.1 Å². The molecule has 1 aliphatic heterocycles. The SMILES string of the molecule is Cc1cc(C(=O)N[C@@H]2CCN(C(=O)OC(C)(C)C)C[C@@H]2C)c(N)c([N+](=O)[O-])c1. The van der Waals surface area contributed by atoms with Crippen LogP contribution in [0.25, 0.3) is 0 Å². The van der Waals surface area contributed by atoms with Crippen molar-refractivity contribution in [2.75, 3.05) is 18.8 Å². The van der Waals surface area contributed by atoms with Gasteiger partial charge in [0.1, 0.15) is 11.3 Å². The fourth-order valence-corrected chi connectivity index (χ4v) is 3.22. The molecular formula is C19H28N4O5. The summed E-state index contributed by atoms with van der Waals surface area (Å²) in [6.07, 6.45) is 0.183. The number of nitrogens with zero attached hydrogens (tertiary/aromatic N) is 2. The van der Waals surface area contributed by atoms with Crippen LogP contribution in [0, 0.1) is 23.0 Å². The Hall–Kier alpha value is -2.84. The van der Waals surface area contributed by atoms with Crippen molar-refractivity contribution >= 4 is 23.4 Å². The molecule has 1 heterocycles. The average molecular weight is 392 g/mol. The predicted molar refractivity (Wildman–Crippen MR) is 105 cm³/mol. The van der Waals surface area contributed by atoms with Gasteiger partial charge in [-0.1, -0.05) is 6.92 Å². The van der Waals surface area contributed by atoms with Gasteiger partial charge in [0.2, 0.25) is 0 Å². The van der Waals surface area contributed by atoms with E-state index >= 15 is 0 Å². The molecule has 154 valence electrons. The van der Waals surface area contributed by atoms with Gasteiger partial charge in [-0.05, 0) is 51.7 Å². The number of piperidine rings is 1. The van der Waals surface area contributed by atoms with Crippen molar-refractivity contribution in [2.24, 2.45) is 5.92 Å². The molecule has 0 aromatic heterocycles. The highest BCUT2D eigenvalue weighted by Gasteiger charge is 2.32. The molecule has 1 aromatic carbocycles. The number of anilines is 1. The lowest BCUT2D eigenvalue weighted by molar-refractivity contribution is -0.384. The molecule has 0 saturated carbocycles. The van der Waals surface area contributed by atoms with E-state index in [1.807, 2.05) is 27.7 Å². The number of amides is 2. The number of hydrogen-bond donors (Lipinski definition) is 2. The maximum Gasteiger partial charge on any atom is 0.410 e. The molecule has 0 unspecified atom stereocenters. The maximum absolute atomic E-state index is 12.7. The van der Waals surface area contributed by atoms with Crippen LogP contribution in [0.3, 0.4) is 0 Å². The molecule has 0 bridgehead atoms. The first-order valence-electron chi connectivity index (χ1n) is 9.22. The number of likely N-dealkylation sites (tertiary alicyclic amines) is 1. The van der Waals surface area contributed by atoms with Gasteiger partial charge in [-0.25, -0.2) is 4.79 Å². The molecule has 0 spiro atoms. The number of nitro groups is 1. The Morgan fingerprint density at radius 3 is 2.54 bits per heavy atom. The van der Waals surface area contributed by atoms with Crippen LogP contribution in [-0.4, -0.2) is 46.6 Å². The number of nitrogens with two attached hydrogens (primary N) is 1. The highest BCUT2D eigenvalue weighted by molar-refractivity contribution is 6.01. The van der Waals surface area contributed by atoms with Gasteiger partial charge >= 0.3 is 6.09 Å². The van der Waals surface area contributed by atoms with E-state index in [0.717, 1.165) is 0 Å². The summed E-state index contributed by atoms with van der Waals surface area (Å²) in [6, 6.07) is 2.71. The smallest absolute Gasteiger partial charge is 0.410 e. The first-order valence-corrected chi connectivity index (χ1v) is 9.22. The molecule has 0 radical (unpaired) electrons. The van der Waals surface area contributed by atoms with Crippen LogP contribution >= 0.6 is 0 Å². The molecule has 3 N–H and O–H groups in total. The first kappa shape index (κ1) is 21.5. The van der Waals surface area contributed by atoms with Crippen LogP contribution in [-0.2, 0) is 4.74 Å². The number of rotatable bonds is 3. The van der Waals surface area contributed by atoms with Gasteiger partial charge in [-0.15, -0.1) is 0 Å². The summed E-state index contributed by atoms with van der Waals surface area (Å²) in [4.78, 5) is 37.1. The van der Waals surface area contributed by atoms with Crippen molar-refractivity contribution in [1.29, 1.82) is 0 Å². The second-order valence-electron chi connectivity index (χ2n) is 8.27. The third-order valence-corrected chi connectivity index (χ3v) is 4.62. The average Bonchev–Trinajstić information content (AvgIpc) is 2.56. The number of nitrogens with one attached hydrogen (secondary N) is 1. The van der Waals surface area contributed by atoms with Crippen molar-refractivity contribution in [1.82, 2.24) is 10.2 Å². The molecule has 1 fully saturated rings. The monoisotopic (exact) mass is 392 g/mol. The molecule has 2 rings (SSSR count). The number of benzene rings is 1. The van der Waals surface area contributed by atoms with E-state index in [-0.39, 0.29) is 35.0 Å². The Bertz CT molecular complexity index is 787. The molecule has 2 amide bonds. The fourth-order valence-electron chi connectivity index (χ4n) is 3.22. The number of hydrogen-bond acceptors (Lipinski definition) is 6. The second kappa shape index (κ2) is 8.04. The van der Waals surface area contributed by atoms with E-state index in [9.17, 15) is 19.7 Å². The largest absolute Gasteiger partial charge is 0.444 e. The molecule has 9 heteroatoms. The van der Waals surface area contributed by atoms with Gasteiger partial charge in [-0.3, -0.25) is 14.9 Å². The Morgan fingerprint density at radius 1 is 1.36 bits per heavy atom. The molecule has 1 saturated heterocycles. The summed E-state index contributed by atoms with van der Waals surface area (Å²) < 4.78 is 5.39. The zero-order chi connectivity index (χ0) is 21.2. The normalized spacial score (nSPS) is 19.8. The minimum absolute atomic E-state index is 0.00811. The van der Waals surface area contributed by atoms with Gasteiger partial charge in [0.05, 0.1) is 10.5 Å². The highest BCUT2D eigenvalue weighted by atomic mass is 16.6. The third kappa shape index (κ3) is 5.11. The molecular weight excluding hydrogens is 364 g/mol. The fraction of sp³-hybridized carbons (Fsp3) is 0.579. The maximum atomic E-state index is 12.7. The van der Waals surface area contributed by atoms with E-state index in [1.54, 1.807) is 11.8 Å². The van der Waals surface area contributed by atoms with Crippen LogP contribution in [0.2, 0.25) is 0 Å². The number of carbonyl (C=O) groups excluding carboxylic acids is 2. The van der Waals surface area contributed by atoms with Crippen LogP contribution in [0.15, 0.2) is 12.1 Å². The zero-order valence-electron chi connectivity index (χ0n) is 16.9. The summed E-state index contributed by atoms with van der Waals surface area (Å²) in [5.74, 6) is -0.460. The van der Waals surface area contributed by atoms with Crippen molar-refractivity contribution < 1.29 is 19.2 Å². The molecule has 9 nitrogen and oxygen atoms in total. The van der Waals surface area contributed by atoms with E-state index in [2.05, 4.69) is 5.32 Å². The van der Waals surface area contributed by atoms with Gasteiger partial charge in [0.15, 0.2) is 0 Å². The minimum Gasteiger partial charge on any atom is -0.444 e. The lowest BCUT2D eigenvalue weighted by Gasteiger charge is -2.37. The second-order valence-corrected chi connectivity index (χ2v) is 8.27. The summed E-state index contributed by atoms with van der Waals surface area (Å²) in [7, 11) is 0. The quantitative estimate of drug-likeness (QED) is 0.462. The van der Waals surface area contributed by atoms with Crippen molar-refractivity contribution in [3.63, 3.8) is 0 Å². The highest BCUT2D eigenvalue weighted by Crippen LogP contribution is 2.28. The number of nitro benzene ring substituents is 1. The van der Waals surface area contributed by atoms with Gasteiger partial charge < -0.3 is 20.7 Å². The zero-order valence-corrected chi connectivity index (χ0v) is 16.9. The Morgan fingerprint density at radius 2 is 2.00 bits per heavy atom. The predicted octanol–water partition coefficient (Wildman–Crippen LogP) is 2.86. The Labute approximate surface area is 164 Å². The van der Waals surface area contributed by atoms with Crippen molar-refractivity contribution in [3.8, 4) is 0 Å². The van der Waals surface area contributed by atoms with Gasteiger partial charge in [0, 0.05) is 25.2 Å². The number of ether oxygens (including phenoxy) is 1. The van der Waals surface area contributed by atoms with Gasteiger partial charge in [-0.2, -0.15) is 0 Å². The number of nitrogen functional groups attached to an aromatic ring is 1. The summed E-state index contributed by atoms with van der Waals surface area (Å²) in [6.45, 7) is 9.94. The summed E-state index contributed by atoms with van der Waals surface area (Å²) in [5, 5.41) is 14.0. The van der Waals surface area contributed by atoms with E-state index < -0.39 is 16.4 Å².